The fourth-order valence-corrected chi connectivity index (χ4v) is 2.19. The Hall–Kier alpha value is -1.10. The first-order valence-corrected chi connectivity index (χ1v) is 6.85. The number of hydrogen-bond donors (Lipinski definition) is 2. The minimum atomic E-state index is -0.0931. The molecule has 1 aliphatic heterocycles. The van der Waals surface area contributed by atoms with E-state index in [1.807, 2.05) is 0 Å². The summed E-state index contributed by atoms with van der Waals surface area (Å²) in [7, 11) is 0. The number of nitrogens with one attached hydrogen (secondary N) is 2. The van der Waals surface area contributed by atoms with Gasteiger partial charge in [0, 0.05) is 32.5 Å². The van der Waals surface area contributed by atoms with E-state index in [-0.39, 0.29) is 11.8 Å². The van der Waals surface area contributed by atoms with Crippen LogP contribution in [0.25, 0.3) is 0 Å². The Kier molecular flexibility index (Phi) is 6.72. The molecule has 0 aromatic heterocycles. The molecular formula is C13H25N3O2. The van der Waals surface area contributed by atoms with Crippen LogP contribution >= 0.6 is 0 Å². The van der Waals surface area contributed by atoms with Crippen molar-refractivity contribution in [2.45, 2.75) is 45.6 Å². The van der Waals surface area contributed by atoms with Gasteiger partial charge in [-0.15, -0.1) is 0 Å². The summed E-state index contributed by atoms with van der Waals surface area (Å²) in [4.78, 5) is 24.6. The van der Waals surface area contributed by atoms with Crippen molar-refractivity contribution < 1.29 is 9.59 Å². The highest BCUT2D eigenvalue weighted by Crippen LogP contribution is 2.11. The molecule has 1 saturated heterocycles. The van der Waals surface area contributed by atoms with Gasteiger partial charge in [0.25, 0.3) is 0 Å². The molecule has 0 bridgehead atoms. The number of carbonyl (C=O) groups is 2. The first-order chi connectivity index (χ1) is 8.59. The van der Waals surface area contributed by atoms with Crippen LogP contribution in [0.2, 0.25) is 0 Å². The van der Waals surface area contributed by atoms with Gasteiger partial charge in [-0.3, -0.25) is 14.5 Å². The summed E-state index contributed by atoms with van der Waals surface area (Å²) >= 11 is 0. The number of rotatable bonds is 6. The second-order valence-corrected chi connectivity index (χ2v) is 4.98. The van der Waals surface area contributed by atoms with Crippen LogP contribution in [0.15, 0.2) is 0 Å². The van der Waals surface area contributed by atoms with Gasteiger partial charge in [-0.25, -0.2) is 0 Å². The number of likely N-dealkylation sites (tertiary alicyclic amines) is 1. The van der Waals surface area contributed by atoms with E-state index in [4.69, 9.17) is 0 Å². The summed E-state index contributed by atoms with van der Waals surface area (Å²) in [5.74, 6) is -0.0860. The van der Waals surface area contributed by atoms with E-state index in [9.17, 15) is 9.59 Å². The van der Waals surface area contributed by atoms with E-state index in [0.717, 1.165) is 13.1 Å². The Bertz CT molecular complexity index is 275. The zero-order chi connectivity index (χ0) is 13.4. The minimum Gasteiger partial charge on any atom is -0.356 e. The third kappa shape index (κ3) is 6.00. The lowest BCUT2D eigenvalue weighted by atomic mass is 10.1. The van der Waals surface area contributed by atoms with Crippen molar-refractivity contribution >= 4 is 11.8 Å². The smallest absolute Gasteiger partial charge is 0.221 e. The van der Waals surface area contributed by atoms with Crippen LogP contribution in [0.1, 0.15) is 39.5 Å². The van der Waals surface area contributed by atoms with E-state index in [2.05, 4.69) is 22.5 Å². The zero-order valence-electron chi connectivity index (χ0n) is 11.5. The summed E-state index contributed by atoms with van der Waals surface area (Å²) in [5.41, 5.74) is 0. The van der Waals surface area contributed by atoms with Crippen LogP contribution in [0.3, 0.4) is 0 Å². The SMILES string of the molecule is CC(=O)NCCC(=O)NCC(C)N1CCCCC1. The predicted molar refractivity (Wildman–Crippen MR) is 71.2 cm³/mol. The first-order valence-electron chi connectivity index (χ1n) is 6.85. The van der Waals surface area contributed by atoms with Gasteiger partial charge in [0.15, 0.2) is 0 Å². The molecule has 1 unspecified atom stereocenters. The van der Waals surface area contributed by atoms with Gasteiger partial charge in [-0.2, -0.15) is 0 Å². The second kappa shape index (κ2) is 8.08. The second-order valence-electron chi connectivity index (χ2n) is 4.98. The van der Waals surface area contributed by atoms with Gasteiger partial charge in [0.1, 0.15) is 0 Å². The third-order valence-electron chi connectivity index (χ3n) is 3.33. The third-order valence-corrected chi connectivity index (χ3v) is 3.33. The Morgan fingerprint density at radius 3 is 2.44 bits per heavy atom. The summed E-state index contributed by atoms with van der Waals surface area (Å²) < 4.78 is 0. The van der Waals surface area contributed by atoms with E-state index in [1.165, 1.54) is 26.2 Å². The molecule has 5 heteroatoms. The van der Waals surface area contributed by atoms with Crippen molar-refractivity contribution in [2.24, 2.45) is 0 Å². The van der Waals surface area contributed by atoms with Gasteiger partial charge in [0.2, 0.25) is 11.8 Å². The van der Waals surface area contributed by atoms with Crippen molar-refractivity contribution in [1.29, 1.82) is 0 Å². The van der Waals surface area contributed by atoms with Crippen LogP contribution in [-0.2, 0) is 9.59 Å². The Morgan fingerprint density at radius 2 is 1.83 bits per heavy atom. The maximum atomic E-state index is 11.5. The van der Waals surface area contributed by atoms with Crippen LogP contribution in [0.5, 0.6) is 0 Å². The maximum absolute atomic E-state index is 11.5. The molecule has 1 aliphatic rings. The number of carbonyl (C=O) groups excluding carboxylic acids is 2. The summed E-state index contributed by atoms with van der Waals surface area (Å²) in [6, 6.07) is 0.398. The topological polar surface area (TPSA) is 61.4 Å². The average Bonchev–Trinajstić information content (AvgIpc) is 2.36. The van der Waals surface area contributed by atoms with Gasteiger partial charge >= 0.3 is 0 Å². The number of amides is 2. The van der Waals surface area contributed by atoms with Crippen molar-refractivity contribution in [3.63, 3.8) is 0 Å². The van der Waals surface area contributed by atoms with Crippen molar-refractivity contribution in [3.8, 4) is 0 Å². The normalized spacial score (nSPS) is 18.1. The summed E-state index contributed by atoms with van der Waals surface area (Å²) in [6.45, 7) is 7.00. The molecule has 104 valence electrons. The van der Waals surface area contributed by atoms with E-state index in [1.54, 1.807) is 0 Å². The lowest BCUT2D eigenvalue weighted by Gasteiger charge is -2.32. The first kappa shape index (κ1) is 15.0. The molecule has 1 rings (SSSR count). The molecule has 0 aromatic carbocycles. The Balaban J connectivity index is 2.11. The van der Waals surface area contributed by atoms with Gasteiger partial charge in [-0.05, 0) is 32.9 Å². The molecule has 0 aromatic rings. The largest absolute Gasteiger partial charge is 0.356 e. The quantitative estimate of drug-likeness (QED) is 0.726. The lowest BCUT2D eigenvalue weighted by molar-refractivity contribution is -0.121. The average molecular weight is 255 g/mol. The van der Waals surface area contributed by atoms with Gasteiger partial charge < -0.3 is 10.6 Å². The van der Waals surface area contributed by atoms with Crippen LogP contribution in [0.4, 0.5) is 0 Å². The highest BCUT2D eigenvalue weighted by atomic mass is 16.2. The summed E-state index contributed by atoms with van der Waals surface area (Å²) in [6.07, 6.45) is 4.21. The Labute approximate surface area is 109 Å². The van der Waals surface area contributed by atoms with Gasteiger partial charge in [-0.1, -0.05) is 6.42 Å². The number of nitrogens with zero attached hydrogens (tertiary/aromatic N) is 1. The highest BCUT2D eigenvalue weighted by Gasteiger charge is 2.16. The predicted octanol–water partition coefficient (Wildman–Crippen LogP) is 0.503. The molecule has 0 spiro atoms. The molecule has 0 aliphatic carbocycles. The molecular weight excluding hydrogens is 230 g/mol. The molecule has 2 N–H and O–H groups in total. The highest BCUT2D eigenvalue weighted by molar-refractivity contribution is 5.77. The number of piperidine rings is 1. The zero-order valence-corrected chi connectivity index (χ0v) is 11.5. The standard InChI is InChI=1S/C13H25N3O2/c1-11(16-8-4-3-5-9-16)10-15-13(18)6-7-14-12(2)17/h11H,3-10H2,1-2H3,(H,14,17)(H,15,18). The molecule has 0 saturated carbocycles. The van der Waals surface area contributed by atoms with Crippen LogP contribution < -0.4 is 10.6 Å². The molecule has 2 amide bonds. The molecule has 5 nitrogen and oxygen atoms in total. The Morgan fingerprint density at radius 1 is 1.17 bits per heavy atom. The fourth-order valence-electron chi connectivity index (χ4n) is 2.19. The molecule has 18 heavy (non-hydrogen) atoms. The fraction of sp³-hybridized carbons (Fsp3) is 0.846. The van der Waals surface area contributed by atoms with E-state index < -0.39 is 0 Å². The van der Waals surface area contributed by atoms with Gasteiger partial charge in [0.05, 0.1) is 0 Å². The lowest BCUT2D eigenvalue weighted by Crippen LogP contribution is -2.44. The summed E-state index contributed by atoms with van der Waals surface area (Å²) in [5, 5.41) is 5.54. The van der Waals surface area contributed by atoms with E-state index in [0.29, 0.717) is 25.6 Å². The van der Waals surface area contributed by atoms with Crippen LogP contribution in [-0.4, -0.2) is 48.9 Å². The minimum absolute atomic E-state index is 0.00705. The molecule has 1 heterocycles. The molecule has 1 fully saturated rings. The van der Waals surface area contributed by atoms with Crippen LogP contribution in [0, 0.1) is 0 Å². The molecule has 1 atom stereocenters. The van der Waals surface area contributed by atoms with E-state index >= 15 is 0 Å². The molecule has 0 radical (unpaired) electrons. The van der Waals surface area contributed by atoms with Crippen molar-refractivity contribution in [1.82, 2.24) is 15.5 Å². The van der Waals surface area contributed by atoms with Crippen molar-refractivity contribution in [3.05, 3.63) is 0 Å². The maximum Gasteiger partial charge on any atom is 0.221 e. The van der Waals surface area contributed by atoms with Crippen molar-refractivity contribution in [2.75, 3.05) is 26.2 Å². The monoisotopic (exact) mass is 255 g/mol. The number of hydrogen-bond acceptors (Lipinski definition) is 3.